The van der Waals surface area contributed by atoms with Crippen LogP contribution < -0.4 is 10.1 Å². The monoisotopic (exact) mass is 447 g/mol. The van der Waals surface area contributed by atoms with Crippen LogP contribution in [0.3, 0.4) is 0 Å². The molecule has 2 aliphatic heterocycles. The molecule has 1 unspecified atom stereocenters. The second kappa shape index (κ2) is 9.20. The Bertz CT molecular complexity index is 996. The molecule has 0 aliphatic carbocycles. The van der Waals surface area contributed by atoms with Gasteiger partial charge in [-0.3, -0.25) is 14.5 Å². The molecule has 2 aromatic rings. The Balaban J connectivity index is 1.47. The number of rotatable bonds is 4. The van der Waals surface area contributed by atoms with Gasteiger partial charge in [0, 0.05) is 31.7 Å². The zero-order valence-corrected chi connectivity index (χ0v) is 17.4. The van der Waals surface area contributed by atoms with E-state index in [4.69, 9.17) is 4.74 Å². The minimum absolute atomic E-state index is 0.0486. The summed E-state index contributed by atoms with van der Waals surface area (Å²) in [5.74, 6) is 0.258. The number of hydrogen-bond acceptors (Lipinski definition) is 4. The molecule has 1 saturated heterocycles. The molecule has 9 heteroatoms. The highest BCUT2D eigenvalue weighted by molar-refractivity contribution is 5.89. The molecule has 4 rings (SSSR count). The van der Waals surface area contributed by atoms with E-state index in [2.05, 4.69) is 5.32 Å². The fraction of sp³-hybridized carbons (Fsp3) is 0.391. The van der Waals surface area contributed by atoms with Crippen molar-refractivity contribution in [2.75, 3.05) is 26.2 Å². The molecule has 170 valence electrons. The molecule has 0 aromatic heterocycles. The summed E-state index contributed by atoms with van der Waals surface area (Å²) in [5, 5.41) is 2.76. The van der Waals surface area contributed by atoms with Crippen molar-refractivity contribution in [2.45, 2.75) is 31.7 Å². The zero-order chi connectivity index (χ0) is 22.7. The van der Waals surface area contributed by atoms with Crippen LogP contribution in [-0.2, 0) is 28.9 Å². The van der Waals surface area contributed by atoms with Gasteiger partial charge in [0.25, 0.3) is 0 Å². The van der Waals surface area contributed by atoms with Gasteiger partial charge >= 0.3 is 6.18 Å². The average molecular weight is 447 g/mol. The van der Waals surface area contributed by atoms with Gasteiger partial charge in [0.2, 0.25) is 11.8 Å². The van der Waals surface area contributed by atoms with E-state index in [0.29, 0.717) is 38.3 Å². The molecule has 2 aromatic carbocycles. The highest BCUT2D eigenvalue weighted by Gasteiger charge is 2.34. The fourth-order valence-corrected chi connectivity index (χ4v) is 4.09. The summed E-state index contributed by atoms with van der Waals surface area (Å²) in [5.41, 5.74) is 0.615. The summed E-state index contributed by atoms with van der Waals surface area (Å²) in [6, 6.07) is 11.8. The Labute approximate surface area is 183 Å². The van der Waals surface area contributed by atoms with Crippen LogP contribution in [0.15, 0.2) is 48.5 Å². The number of ether oxygens (including phenoxy) is 1. The number of alkyl halides is 3. The lowest BCUT2D eigenvalue weighted by atomic mass is 10.0. The third-order valence-electron chi connectivity index (χ3n) is 5.75. The number of halogens is 3. The molecule has 0 saturated carbocycles. The minimum atomic E-state index is -4.43. The summed E-state index contributed by atoms with van der Waals surface area (Å²) < 4.78 is 44.9. The largest absolute Gasteiger partial charge is 0.491 e. The second-order valence-corrected chi connectivity index (χ2v) is 7.95. The van der Waals surface area contributed by atoms with E-state index in [9.17, 15) is 22.8 Å². The van der Waals surface area contributed by atoms with Crippen LogP contribution in [0.4, 0.5) is 13.2 Å². The van der Waals surface area contributed by atoms with E-state index in [1.807, 2.05) is 24.3 Å². The highest BCUT2D eigenvalue weighted by atomic mass is 19.4. The molecule has 1 atom stereocenters. The second-order valence-electron chi connectivity index (χ2n) is 7.95. The summed E-state index contributed by atoms with van der Waals surface area (Å²) in [4.78, 5) is 29.1. The smallest absolute Gasteiger partial charge is 0.416 e. The first kappa shape index (κ1) is 22.1. The van der Waals surface area contributed by atoms with Crippen LogP contribution in [-0.4, -0.2) is 53.9 Å². The van der Waals surface area contributed by atoms with Crippen molar-refractivity contribution < 1.29 is 27.5 Å². The molecule has 0 bridgehead atoms. The van der Waals surface area contributed by atoms with Crippen molar-refractivity contribution in [3.05, 3.63) is 65.2 Å². The van der Waals surface area contributed by atoms with Gasteiger partial charge < -0.3 is 15.0 Å². The normalized spacial score (nSPS) is 19.5. The third-order valence-corrected chi connectivity index (χ3v) is 5.75. The SMILES string of the molecule is O=C1NCCN(Cc2cccc(C(F)(F)F)c2)C1CC(=O)N1CCOc2ccccc2C1. The molecular formula is C23H24F3N3O3. The van der Waals surface area contributed by atoms with Gasteiger partial charge in [-0.05, 0) is 17.7 Å². The predicted octanol–water partition coefficient (Wildman–Crippen LogP) is 2.82. The molecule has 2 aliphatic rings. The van der Waals surface area contributed by atoms with Gasteiger partial charge in [0.15, 0.2) is 0 Å². The van der Waals surface area contributed by atoms with Gasteiger partial charge in [-0.25, -0.2) is 0 Å². The first-order valence-electron chi connectivity index (χ1n) is 10.5. The van der Waals surface area contributed by atoms with Crippen LogP contribution in [0.25, 0.3) is 0 Å². The van der Waals surface area contributed by atoms with Crippen molar-refractivity contribution in [2.24, 2.45) is 0 Å². The Kier molecular flexibility index (Phi) is 6.36. The lowest BCUT2D eigenvalue weighted by Gasteiger charge is -2.35. The number of amides is 2. The molecule has 1 N–H and O–H groups in total. The van der Waals surface area contributed by atoms with E-state index in [1.165, 1.54) is 6.07 Å². The lowest BCUT2D eigenvalue weighted by Crippen LogP contribution is -2.56. The summed E-state index contributed by atoms with van der Waals surface area (Å²) in [7, 11) is 0. The number of nitrogens with one attached hydrogen (secondary N) is 1. The molecule has 2 heterocycles. The highest BCUT2D eigenvalue weighted by Crippen LogP contribution is 2.30. The molecular weight excluding hydrogens is 423 g/mol. The third kappa shape index (κ3) is 5.04. The number of hydrogen-bond donors (Lipinski definition) is 1. The van der Waals surface area contributed by atoms with Crippen molar-refractivity contribution in [1.29, 1.82) is 0 Å². The van der Waals surface area contributed by atoms with E-state index in [0.717, 1.165) is 23.4 Å². The molecule has 0 spiro atoms. The number of carbonyl (C=O) groups is 2. The number of para-hydroxylation sites is 1. The standard InChI is InChI=1S/C23H24F3N3O3/c24-23(25,26)18-6-3-4-16(12-18)14-28-9-8-27-22(31)19(28)13-21(30)29-10-11-32-20-7-2-1-5-17(20)15-29/h1-7,12,19H,8-11,13-15H2,(H,27,31). The molecule has 2 amide bonds. The van der Waals surface area contributed by atoms with Crippen LogP contribution in [0.5, 0.6) is 5.75 Å². The molecule has 6 nitrogen and oxygen atoms in total. The van der Waals surface area contributed by atoms with Gasteiger partial charge in [-0.15, -0.1) is 0 Å². The van der Waals surface area contributed by atoms with E-state index < -0.39 is 17.8 Å². The number of carbonyl (C=O) groups excluding carboxylic acids is 2. The first-order valence-corrected chi connectivity index (χ1v) is 10.5. The average Bonchev–Trinajstić information content (AvgIpc) is 2.98. The lowest BCUT2D eigenvalue weighted by molar-refractivity contribution is -0.139. The van der Waals surface area contributed by atoms with Crippen LogP contribution >= 0.6 is 0 Å². The van der Waals surface area contributed by atoms with Gasteiger partial charge in [0.1, 0.15) is 12.4 Å². The van der Waals surface area contributed by atoms with Gasteiger partial charge in [0.05, 0.1) is 24.6 Å². The molecule has 0 radical (unpaired) electrons. The Hall–Kier alpha value is -3.07. The van der Waals surface area contributed by atoms with Crippen molar-refractivity contribution in [1.82, 2.24) is 15.1 Å². The Morgan fingerprint density at radius 2 is 1.94 bits per heavy atom. The van der Waals surface area contributed by atoms with E-state index >= 15 is 0 Å². The van der Waals surface area contributed by atoms with Crippen LogP contribution in [0.2, 0.25) is 0 Å². The van der Waals surface area contributed by atoms with Gasteiger partial charge in [-0.1, -0.05) is 36.4 Å². The number of fused-ring (bicyclic) bond motifs is 1. The summed E-state index contributed by atoms with van der Waals surface area (Å²) in [6.45, 7) is 2.13. The molecule has 32 heavy (non-hydrogen) atoms. The fourth-order valence-electron chi connectivity index (χ4n) is 4.09. The maximum Gasteiger partial charge on any atom is 0.416 e. The summed E-state index contributed by atoms with van der Waals surface area (Å²) >= 11 is 0. The zero-order valence-electron chi connectivity index (χ0n) is 17.4. The van der Waals surface area contributed by atoms with Crippen molar-refractivity contribution >= 4 is 11.8 Å². The minimum Gasteiger partial charge on any atom is -0.491 e. The Morgan fingerprint density at radius 3 is 2.75 bits per heavy atom. The summed E-state index contributed by atoms with van der Waals surface area (Å²) in [6.07, 6.45) is -4.48. The van der Waals surface area contributed by atoms with Crippen LogP contribution in [0.1, 0.15) is 23.1 Å². The quantitative estimate of drug-likeness (QED) is 0.783. The predicted molar refractivity (Wildman–Crippen MR) is 111 cm³/mol. The first-order chi connectivity index (χ1) is 15.3. The van der Waals surface area contributed by atoms with E-state index in [-0.39, 0.29) is 24.8 Å². The number of piperazine rings is 1. The van der Waals surface area contributed by atoms with Gasteiger partial charge in [-0.2, -0.15) is 13.2 Å². The van der Waals surface area contributed by atoms with Crippen molar-refractivity contribution in [3.8, 4) is 5.75 Å². The Morgan fingerprint density at radius 1 is 1.12 bits per heavy atom. The van der Waals surface area contributed by atoms with E-state index in [1.54, 1.807) is 15.9 Å². The maximum atomic E-state index is 13.1. The topological polar surface area (TPSA) is 61.9 Å². The number of nitrogens with zero attached hydrogens (tertiary/aromatic N) is 2. The maximum absolute atomic E-state index is 13.1. The van der Waals surface area contributed by atoms with Crippen molar-refractivity contribution in [3.63, 3.8) is 0 Å². The number of benzene rings is 2. The van der Waals surface area contributed by atoms with Crippen LogP contribution in [0, 0.1) is 0 Å². The molecule has 1 fully saturated rings.